The number of rotatable bonds is 6. The van der Waals surface area contributed by atoms with E-state index >= 15 is 0 Å². The first-order chi connectivity index (χ1) is 23.3. The molecule has 2 aromatic carbocycles. The fourth-order valence-corrected chi connectivity index (χ4v) is 8.48. The standard InChI is InChI=1S/C35H46BrN9O3/c1-41-11-7-27(8-12-41)42-16-18-43(19-17-42)33(46)31(22-24-20-26-23-37-40-32(26)29(36)21-24)39-34(47)44-13-9-28(10-14-44)45-15-6-25-4-2-3-5-30(25)38-35(45)48/h2-5,20-21,23,27-28,31H,6-19,22H2,1H3,(H,37,40)(H,38,48)(H,39,47). The van der Waals surface area contributed by atoms with Gasteiger partial charge in [0.25, 0.3) is 0 Å². The minimum atomic E-state index is -0.698. The van der Waals surface area contributed by atoms with Gasteiger partial charge in [0.1, 0.15) is 6.04 Å². The Kier molecular flexibility index (Phi) is 9.88. The Morgan fingerprint density at radius 2 is 1.67 bits per heavy atom. The normalized spacial score (nSPS) is 21.1. The number of aromatic amines is 1. The lowest BCUT2D eigenvalue weighted by molar-refractivity contribution is -0.135. The number of carbonyl (C=O) groups excluding carboxylic acids is 3. The van der Waals surface area contributed by atoms with Gasteiger partial charge in [-0.3, -0.25) is 14.8 Å². The van der Waals surface area contributed by atoms with Gasteiger partial charge in [-0.2, -0.15) is 5.10 Å². The van der Waals surface area contributed by atoms with Crippen molar-refractivity contribution >= 4 is 50.5 Å². The van der Waals surface area contributed by atoms with Gasteiger partial charge in [-0.25, -0.2) is 9.59 Å². The van der Waals surface area contributed by atoms with E-state index in [-0.39, 0.29) is 24.0 Å². The summed E-state index contributed by atoms with van der Waals surface area (Å²) in [6.07, 6.45) is 6.67. The molecule has 5 amide bonds. The van der Waals surface area contributed by atoms with Crippen LogP contribution in [0.2, 0.25) is 0 Å². The Hall–Kier alpha value is -3.68. The van der Waals surface area contributed by atoms with Crippen molar-refractivity contribution in [2.24, 2.45) is 0 Å². The number of hydrogen-bond donors (Lipinski definition) is 3. The highest BCUT2D eigenvalue weighted by Crippen LogP contribution is 2.27. The molecule has 3 N–H and O–H groups in total. The van der Waals surface area contributed by atoms with Crippen LogP contribution in [0.15, 0.2) is 47.1 Å². The topological polar surface area (TPSA) is 120 Å². The lowest BCUT2D eigenvalue weighted by Gasteiger charge is -2.43. The van der Waals surface area contributed by atoms with E-state index in [1.807, 2.05) is 40.1 Å². The highest BCUT2D eigenvalue weighted by molar-refractivity contribution is 9.10. The van der Waals surface area contributed by atoms with Crippen molar-refractivity contribution in [1.29, 1.82) is 0 Å². The molecule has 5 heterocycles. The molecule has 12 nitrogen and oxygen atoms in total. The molecule has 4 aliphatic heterocycles. The maximum Gasteiger partial charge on any atom is 0.322 e. The summed E-state index contributed by atoms with van der Waals surface area (Å²) in [7, 11) is 2.18. The number of fused-ring (bicyclic) bond motifs is 2. The quantitative estimate of drug-likeness (QED) is 0.357. The Morgan fingerprint density at radius 3 is 2.44 bits per heavy atom. The third-order valence-electron chi connectivity index (χ3n) is 10.8. The second-order valence-electron chi connectivity index (χ2n) is 13.8. The number of nitrogens with one attached hydrogen (secondary N) is 3. The minimum absolute atomic E-state index is 0.0366. The van der Waals surface area contributed by atoms with E-state index in [9.17, 15) is 14.4 Å². The first-order valence-corrected chi connectivity index (χ1v) is 18.2. The van der Waals surface area contributed by atoms with E-state index in [1.165, 1.54) is 12.8 Å². The number of piperazine rings is 1. The lowest BCUT2D eigenvalue weighted by atomic mass is 10.0. The number of carbonyl (C=O) groups is 3. The number of benzene rings is 2. The van der Waals surface area contributed by atoms with Crippen LogP contribution in [0.3, 0.4) is 0 Å². The van der Waals surface area contributed by atoms with Gasteiger partial charge < -0.3 is 30.2 Å². The predicted molar refractivity (Wildman–Crippen MR) is 189 cm³/mol. The van der Waals surface area contributed by atoms with Crippen LogP contribution in [-0.2, 0) is 17.6 Å². The number of urea groups is 2. The first-order valence-electron chi connectivity index (χ1n) is 17.4. The van der Waals surface area contributed by atoms with Gasteiger partial charge in [0, 0.05) is 79.9 Å². The molecule has 256 valence electrons. The number of halogens is 1. The molecule has 0 saturated carbocycles. The monoisotopic (exact) mass is 719 g/mol. The zero-order valence-electron chi connectivity index (χ0n) is 27.7. The van der Waals surface area contributed by atoms with Crippen LogP contribution in [0.1, 0.15) is 36.8 Å². The molecule has 0 radical (unpaired) electrons. The number of piperidine rings is 2. The van der Waals surface area contributed by atoms with Crippen molar-refractivity contribution in [3.05, 3.63) is 58.2 Å². The molecule has 1 unspecified atom stereocenters. The Balaban J connectivity index is 0.996. The van der Waals surface area contributed by atoms with Crippen molar-refractivity contribution in [3.8, 4) is 0 Å². The average molecular weight is 721 g/mol. The number of aromatic nitrogens is 2. The Bertz CT molecular complexity index is 1620. The van der Waals surface area contributed by atoms with Gasteiger partial charge >= 0.3 is 12.1 Å². The summed E-state index contributed by atoms with van der Waals surface area (Å²) in [6.45, 7) is 6.97. The third kappa shape index (κ3) is 7.18. The van der Waals surface area contributed by atoms with E-state index < -0.39 is 6.04 Å². The van der Waals surface area contributed by atoms with E-state index in [0.29, 0.717) is 58.0 Å². The van der Waals surface area contributed by atoms with Crippen LogP contribution in [0.25, 0.3) is 10.9 Å². The highest BCUT2D eigenvalue weighted by Gasteiger charge is 2.35. The second kappa shape index (κ2) is 14.4. The van der Waals surface area contributed by atoms with Crippen molar-refractivity contribution in [2.45, 2.75) is 56.7 Å². The SMILES string of the molecule is CN1CCC(N2CCN(C(=O)C(Cc3cc(Br)c4[nH]ncc4c3)NC(=O)N3CCC(N4CCc5ccccc5NC4=O)CC3)CC2)CC1. The number of amides is 5. The van der Waals surface area contributed by atoms with Crippen molar-refractivity contribution in [2.75, 3.05) is 71.3 Å². The molecule has 0 aliphatic carbocycles. The Morgan fingerprint density at radius 1 is 0.938 bits per heavy atom. The van der Waals surface area contributed by atoms with Gasteiger partial charge in [0.05, 0.1) is 11.7 Å². The third-order valence-corrected chi connectivity index (χ3v) is 11.4. The maximum atomic E-state index is 14.2. The number of H-pyrrole nitrogens is 1. The zero-order chi connectivity index (χ0) is 33.2. The van der Waals surface area contributed by atoms with Crippen LogP contribution in [-0.4, -0.2) is 137 Å². The summed E-state index contributed by atoms with van der Waals surface area (Å²) in [4.78, 5) is 51.6. The number of hydrogen-bond acceptors (Lipinski definition) is 6. The summed E-state index contributed by atoms with van der Waals surface area (Å²) >= 11 is 3.64. The van der Waals surface area contributed by atoms with Crippen molar-refractivity contribution < 1.29 is 14.4 Å². The molecule has 0 bridgehead atoms. The molecular formula is C35H46BrN9O3. The molecule has 3 aromatic rings. The summed E-state index contributed by atoms with van der Waals surface area (Å²) in [6, 6.07) is 11.6. The van der Waals surface area contributed by atoms with Crippen molar-refractivity contribution in [3.63, 3.8) is 0 Å². The van der Waals surface area contributed by atoms with Gasteiger partial charge in [0.15, 0.2) is 0 Å². The summed E-state index contributed by atoms with van der Waals surface area (Å²) in [5.74, 6) is -0.0366. The summed E-state index contributed by atoms with van der Waals surface area (Å²) in [5.41, 5.74) is 3.87. The number of para-hydroxylation sites is 1. The highest BCUT2D eigenvalue weighted by atomic mass is 79.9. The van der Waals surface area contributed by atoms with Crippen molar-refractivity contribution in [1.82, 2.24) is 40.0 Å². The predicted octanol–water partition coefficient (Wildman–Crippen LogP) is 3.74. The second-order valence-corrected chi connectivity index (χ2v) is 14.6. The van der Waals surface area contributed by atoms with Gasteiger partial charge in [-0.05, 0) is 97.5 Å². The fourth-order valence-electron chi connectivity index (χ4n) is 7.87. The molecule has 4 aliphatic rings. The van der Waals surface area contributed by atoms with Crippen LogP contribution in [0.5, 0.6) is 0 Å². The molecular weight excluding hydrogens is 674 g/mol. The lowest BCUT2D eigenvalue weighted by Crippen LogP contribution is -2.59. The molecule has 3 fully saturated rings. The van der Waals surface area contributed by atoms with Crippen LogP contribution >= 0.6 is 15.9 Å². The minimum Gasteiger partial charge on any atom is -0.338 e. The van der Waals surface area contributed by atoms with E-state index in [1.54, 1.807) is 11.1 Å². The van der Waals surface area contributed by atoms with Gasteiger partial charge in [-0.15, -0.1) is 0 Å². The first kappa shape index (κ1) is 32.8. The molecule has 1 aromatic heterocycles. The number of nitrogens with zero attached hydrogens (tertiary/aromatic N) is 6. The van der Waals surface area contributed by atoms with E-state index in [0.717, 1.165) is 64.8 Å². The Labute approximate surface area is 290 Å². The molecule has 7 rings (SSSR count). The fraction of sp³-hybridized carbons (Fsp3) is 0.543. The number of anilines is 1. The maximum absolute atomic E-state index is 14.2. The summed E-state index contributed by atoms with van der Waals surface area (Å²) < 4.78 is 0.875. The largest absolute Gasteiger partial charge is 0.338 e. The van der Waals surface area contributed by atoms with Crippen LogP contribution in [0.4, 0.5) is 15.3 Å². The smallest absolute Gasteiger partial charge is 0.322 e. The van der Waals surface area contributed by atoms with Gasteiger partial charge in [0.2, 0.25) is 5.91 Å². The van der Waals surface area contributed by atoms with Crippen LogP contribution < -0.4 is 10.6 Å². The molecule has 1 atom stereocenters. The zero-order valence-corrected chi connectivity index (χ0v) is 29.3. The van der Waals surface area contributed by atoms with E-state index in [2.05, 4.69) is 59.7 Å². The summed E-state index contributed by atoms with van der Waals surface area (Å²) in [5, 5.41) is 14.3. The average Bonchev–Trinajstić information content (AvgIpc) is 3.52. The van der Waals surface area contributed by atoms with Crippen LogP contribution in [0, 0.1) is 0 Å². The number of likely N-dealkylation sites (tertiary alicyclic amines) is 2. The molecule has 13 heteroatoms. The van der Waals surface area contributed by atoms with E-state index in [4.69, 9.17) is 0 Å². The molecule has 0 spiro atoms. The molecule has 48 heavy (non-hydrogen) atoms. The molecule has 3 saturated heterocycles. The van der Waals surface area contributed by atoms with Gasteiger partial charge in [-0.1, -0.05) is 18.2 Å².